The summed E-state index contributed by atoms with van der Waals surface area (Å²) in [5.41, 5.74) is 0.842. The Balaban J connectivity index is 1.63. The second kappa shape index (κ2) is 4.79. The van der Waals surface area contributed by atoms with Crippen LogP contribution in [-0.4, -0.2) is 21.7 Å². The minimum atomic E-state index is 0.829. The van der Waals surface area contributed by atoms with Gasteiger partial charge in [0.05, 0.1) is 0 Å². The zero-order chi connectivity index (χ0) is 11.5. The number of nitrogens with zero attached hydrogens (tertiary/aromatic N) is 3. The van der Waals surface area contributed by atoms with Gasteiger partial charge in [0.1, 0.15) is 16.5 Å². The van der Waals surface area contributed by atoms with E-state index in [4.69, 9.17) is 0 Å². The van der Waals surface area contributed by atoms with Crippen molar-refractivity contribution in [3.8, 4) is 10.7 Å². The van der Waals surface area contributed by atoms with Gasteiger partial charge in [0.15, 0.2) is 0 Å². The highest BCUT2D eigenvalue weighted by Crippen LogP contribution is 2.26. The van der Waals surface area contributed by atoms with Gasteiger partial charge in [-0.2, -0.15) is 0 Å². The largest absolute Gasteiger partial charge is 0.368 e. The molecular weight excluding hydrogens is 232 g/mol. The molecule has 1 N–H and O–H groups in total. The molecule has 1 saturated carbocycles. The van der Waals surface area contributed by atoms with Gasteiger partial charge in [-0.25, -0.2) is 4.98 Å². The predicted molar refractivity (Wildman–Crippen MR) is 69.0 cm³/mol. The van der Waals surface area contributed by atoms with Gasteiger partial charge >= 0.3 is 0 Å². The van der Waals surface area contributed by atoms with Crippen LogP contribution in [0.4, 0.5) is 5.82 Å². The lowest BCUT2D eigenvalue weighted by Gasteiger charge is -2.25. The first-order chi connectivity index (χ1) is 8.42. The van der Waals surface area contributed by atoms with Crippen molar-refractivity contribution in [3.05, 3.63) is 23.7 Å². The van der Waals surface area contributed by atoms with Crippen LogP contribution >= 0.6 is 11.3 Å². The first-order valence-electron chi connectivity index (χ1n) is 5.89. The summed E-state index contributed by atoms with van der Waals surface area (Å²) in [5, 5.41) is 14.5. The highest BCUT2D eigenvalue weighted by molar-refractivity contribution is 7.13. The summed E-state index contributed by atoms with van der Waals surface area (Å²) in [6, 6.07) is 3.94. The van der Waals surface area contributed by atoms with E-state index >= 15 is 0 Å². The van der Waals surface area contributed by atoms with Gasteiger partial charge in [-0.05, 0) is 30.9 Å². The summed E-state index contributed by atoms with van der Waals surface area (Å²) in [6.45, 7) is 1.02. The van der Waals surface area contributed by atoms with Crippen molar-refractivity contribution in [1.82, 2.24) is 15.2 Å². The topological polar surface area (TPSA) is 50.7 Å². The Labute approximate surface area is 104 Å². The van der Waals surface area contributed by atoms with Crippen molar-refractivity contribution >= 4 is 17.2 Å². The molecule has 0 unspecified atom stereocenters. The second-order valence-electron chi connectivity index (χ2n) is 4.32. The molecular formula is C12H14N4S. The molecule has 0 spiro atoms. The highest BCUT2D eigenvalue weighted by atomic mass is 32.1. The molecule has 0 atom stereocenters. The number of nitrogens with one attached hydrogen (secondary N) is 1. The van der Waals surface area contributed by atoms with E-state index < -0.39 is 0 Å². The van der Waals surface area contributed by atoms with Crippen LogP contribution in [0.15, 0.2) is 23.7 Å². The minimum absolute atomic E-state index is 0.829. The molecule has 2 aromatic rings. The lowest BCUT2D eigenvalue weighted by atomic mass is 9.85. The number of rotatable bonds is 4. The fraction of sp³-hybridized carbons (Fsp3) is 0.417. The molecule has 0 aliphatic heterocycles. The van der Waals surface area contributed by atoms with Crippen molar-refractivity contribution in [1.29, 1.82) is 0 Å². The smallest absolute Gasteiger partial charge is 0.148 e. The van der Waals surface area contributed by atoms with E-state index in [2.05, 4.69) is 20.5 Å². The molecule has 0 saturated heterocycles. The summed E-state index contributed by atoms with van der Waals surface area (Å²) in [4.78, 5) is 4.21. The van der Waals surface area contributed by atoms with Gasteiger partial charge in [-0.15, -0.1) is 21.5 Å². The Bertz CT molecular complexity index is 462. The first-order valence-corrected chi connectivity index (χ1v) is 6.77. The van der Waals surface area contributed by atoms with Crippen LogP contribution in [0.25, 0.3) is 10.7 Å². The zero-order valence-corrected chi connectivity index (χ0v) is 10.3. The number of aromatic nitrogens is 3. The molecule has 1 aliphatic carbocycles. The molecule has 0 aromatic carbocycles. The predicted octanol–water partition coefficient (Wildman–Crippen LogP) is 2.81. The van der Waals surface area contributed by atoms with Crippen molar-refractivity contribution in [2.45, 2.75) is 19.3 Å². The third-order valence-corrected chi connectivity index (χ3v) is 3.91. The molecule has 2 aromatic heterocycles. The van der Waals surface area contributed by atoms with E-state index in [0.717, 1.165) is 29.0 Å². The lowest BCUT2D eigenvalue weighted by molar-refractivity contribution is 0.333. The lowest BCUT2D eigenvalue weighted by Crippen LogP contribution is -2.21. The quantitative estimate of drug-likeness (QED) is 0.901. The molecule has 0 amide bonds. The molecule has 4 nitrogen and oxygen atoms in total. The SMILES string of the molecule is c1csc(-c2ccc(NCC3CCC3)nn2)n1. The molecule has 5 heteroatoms. The standard InChI is InChI=1S/C12H14N4S/c1-2-9(3-1)8-14-11-5-4-10(15-16-11)12-13-6-7-17-12/h4-7,9H,1-3,8H2,(H,14,16). The van der Waals surface area contributed by atoms with Crippen LogP contribution in [0.3, 0.4) is 0 Å². The molecule has 2 heterocycles. The molecule has 1 fully saturated rings. The van der Waals surface area contributed by atoms with Crippen LogP contribution in [0.2, 0.25) is 0 Å². The maximum Gasteiger partial charge on any atom is 0.148 e. The summed E-state index contributed by atoms with van der Waals surface area (Å²) in [5.74, 6) is 1.69. The molecule has 88 valence electrons. The molecule has 1 aliphatic rings. The van der Waals surface area contributed by atoms with Gasteiger partial charge < -0.3 is 5.32 Å². The van der Waals surface area contributed by atoms with Gasteiger partial charge in [0, 0.05) is 18.1 Å². The Morgan fingerprint density at radius 3 is 2.82 bits per heavy atom. The monoisotopic (exact) mass is 246 g/mol. The van der Waals surface area contributed by atoms with Crippen molar-refractivity contribution in [3.63, 3.8) is 0 Å². The molecule has 3 rings (SSSR count). The normalized spacial score (nSPS) is 15.5. The van der Waals surface area contributed by atoms with Crippen LogP contribution in [-0.2, 0) is 0 Å². The zero-order valence-electron chi connectivity index (χ0n) is 9.47. The number of thiazole rings is 1. The number of anilines is 1. The molecule has 0 bridgehead atoms. The highest BCUT2D eigenvalue weighted by Gasteiger charge is 2.16. The first kappa shape index (κ1) is 10.7. The minimum Gasteiger partial charge on any atom is -0.368 e. The van der Waals surface area contributed by atoms with E-state index in [9.17, 15) is 0 Å². The summed E-state index contributed by atoms with van der Waals surface area (Å²) >= 11 is 1.58. The Morgan fingerprint density at radius 1 is 1.29 bits per heavy atom. The maximum atomic E-state index is 4.21. The van der Waals surface area contributed by atoms with Crippen molar-refractivity contribution in [2.24, 2.45) is 5.92 Å². The Hall–Kier alpha value is -1.49. The average molecular weight is 246 g/mol. The third-order valence-electron chi connectivity index (χ3n) is 3.11. The van der Waals surface area contributed by atoms with Crippen LogP contribution < -0.4 is 5.32 Å². The van der Waals surface area contributed by atoms with Gasteiger partial charge in [-0.1, -0.05) is 6.42 Å². The van der Waals surface area contributed by atoms with Crippen molar-refractivity contribution < 1.29 is 0 Å². The van der Waals surface area contributed by atoms with Gasteiger partial charge in [0.2, 0.25) is 0 Å². The van der Waals surface area contributed by atoms with Crippen LogP contribution in [0, 0.1) is 5.92 Å². The Kier molecular flexibility index (Phi) is 3.00. The maximum absolute atomic E-state index is 4.21. The van der Waals surface area contributed by atoms with Gasteiger partial charge in [0.25, 0.3) is 0 Å². The number of hydrogen-bond acceptors (Lipinski definition) is 5. The van der Waals surface area contributed by atoms with E-state index in [0.29, 0.717) is 0 Å². The summed E-state index contributed by atoms with van der Waals surface area (Å²) in [7, 11) is 0. The second-order valence-corrected chi connectivity index (χ2v) is 5.21. The molecule has 17 heavy (non-hydrogen) atoms. The van der Waals surface area contributed by atoms with E-state index in [-0.39, 0.29) is 0 Å². The average Bonchev–Trinajstić information content (AvgIpc) is 2.81. The van der Waals surface area contributed by atoms with Crippen LogP contribution in [0.5, 0.6) is 0 Å². The fourth-order valence-electron chi connectivity index (χ4n) is 1.84. The van der Waals surface area contributed by atoms with E-state index in [1.54, 1.807) is 17.5 Å². The van der Waals surface area contributed by atoms with E-state index in [1.807, 2.05) is 17.5 Å². The third kappa shape index (κ3) is 2.44. The molecule has 0 radical (unpaired) electrons. The summed E-state index contributed by atoms with van der Waals surface area (Å²) < 4.78 is 0. The van der Waals surface area contributed by atoms with E-state index in [1.165, 1.54) is 19.3 Å². The fourth-order valence-corrected chi connectivity index (χ4v) is 2.44. The summed E-state index contributed by atoms with van der Waals surface area (Å²) in [6.07, 6.45) is 5.85. The number of hydrogen-bond donors (Lipinski definition) is 1. The van der Waals surface area contributed by atoms with Crippen molar-refractivity contribution in [2.75, 3.05) is 11.9 Å². The van der Waals surface area contributed by atoms with Gasteiger partial charge in [-0.3, -0.25) is 0 Å². The Morgan fingerprint density at radius 2 is 2.24 bits per heavy atom. The van der Waals surface area contributed by atoms with Crippen LogP contribution in [0.1, 0.15) is 19.3 Å².